The van der Waals surface area contributed by atoms with E-state index < -0.39 is 23.3 Å². The summed E-state index contributed by atoms with van der Waals surface area (Å²) in [6.07, 6.45) is 0. The molecule has 0 atom stereocenters. The number of carbonyl (C=O) groups excluding carboxylic acids is 2. The zero-order valence-electron chi connectivity index (χ0n) is 16.7. The second-order valence-corrected chi connectivity index (χ2v) is 8.06. The number of amides is 2. The Kier molecular flexibility index (Phi) is 7.53. The topological polar surface area (TPSA) is 123 Å². The van der Waals surface area contributed by atoms with Crippen molar-refractivity contribution in [2.45, 2.75) is 6.92 Å². The number of rotatable bonds is 8. The zero-order chi connectivity index (χ0) is 23.1. The summed E-state index contributed by atoms with van der Waals surface area (Å²) in [4.78, 5) is 36.2. The maximum atomic E-state index is 12.6. The van der Waals surface area contributed by atoms with Crippen LogP contribution in [0, 0.1) is 10.1 Å². The van der Waals surface area contributed by atoms with E-state index in [1.807, 2.05) is 0 Å². The van der Waals surface area contributed by atoms with Gasteiger partial charge in [-0.15, -0.1) is 11.3 Å². The molecule has 0 spiro atoms. The van der Waals surface area contributed by atoms with E-state index in [9.17, 15) is 19.7 Å². The molecule has 3 aromatic rings. The van der Waals surface area contributed by atoms with E-state index in [-0.39, 0.29) is 22.7 Å². The number of hydrazone groups is 1. The number of nitrogens with one attached hydrogen (secondary N) is 2. The summed E-state index contributed by atoms with van der Waals surface area (Å²) in [5.41, 5.74) is 3.21. The van der Waals surface area contributed by atoms with Gasteiger partial charge < -0.3 is 10.1 Å². The predicted octanol–water partition coefficient (Wildman–Crippen LogP) is 4.48. The van der Waals surface area contributed by atoms with Gasteiger partial charge in [-0.1, -0.05) is 35.9 Å². The van der Waals surface area contributed by atoms with Crippen LogP contribution in [0.1, 0.15) is 22.2 Å². The Morgan fingerprint density at radius 1 is 1.12 bits per heavy atom. The van der Waals surface area contributed by atoms with Crippen molar-refractivity contribution in [3.05, 3.63) is 85.6 Å². The van der Waals surface area contributed by atoms with Crippen LogP contribution < -0.4 is 15.5 Å². The van der Waals surface area contributed by atoms with Gasteiger partial charge >= 0.3 is 5.69 Å². The highest BCUT2D eigenvalue weighted by atomic mass is 35.5. The van der Waals surface area contributed by atoms with Crippen LogP contribution in [0.2, 0.25) is 4.34 Å². The van der Waals surface area contributed by atoms with Gasteiger partial charge in [-0.25, -0.2) is 5.43 Å². The smallest absolute Gasteiger partial charge is 0.310 e. The molecule has 0 aliphatic heterocycles. The lowest BCUT2D eigenvalue weighted by molar-refractivity contribution is -0.385. The second kappa shape index (κ2) is 10.5. The molecule has 32 heavy (non-hydrogen) atoms. The van der Waals surface area contributed by atoms with Crippen molar-refractivity contribution in [2.75, 3.05) is 11.9 Å². The van der Waals surface area contributed by atoms with Gasteiger partial charge in [0.25, 0.3) is 11.8 Å². The van der Waals surface area contributed by atoms with E-state index in [2.05, 4.69) is 15.8 Å². The van der Waals surface area contributed by atoms with E-state index in [1.54, 1.807) is 43.3 Å². The molecule has 0 radical (unpaired) electrons. The first-order valence-electron chi connectivity index (χ1n) is 9.20. The molecule has 9 nitrogen and oxygen atoms in total. The van der Waals surface area contributed by atoms with Gasteiger partial charge in [-0.2, -0.15) is 5.10 Å². The predicted molar refractivity (Wildman–Crippen MR) is 123 cm³/mol. The van der Waals surface area contributed by atoms with Crippen LogP contribution in [0.25, 0.3) is 0 Å². The van der Waals surface area contributed by atoms with Crippen LogP contribution in [0.3, 0.4) is 0 Å². The SMILES string of the molecule is C/C(=N\NC(=O)c1ccccc1NC(=O)COc1ccccc1[N+](=O)[O-])c1ccc(Cl)s1. The van der Waals surface area contributed by atoms with Crippen molar-refractivity contribution in [2.24, 2.45) is 5.10 Å². The number of nitrogens with zero attached hydrogens (tertiary/aromatic N) is 2. The van der Waals surface area contributed by atoms with E-state index in [0.29, 0.717) is 10.0 Å². The molecule has 1 heterocycles. The number of benzene rings is 2. The van der Waals surface area contributed by atoms with Gasteiger partial charge in [0.2, 0.25) is 0 Å². The Morgan fingerprint density at radius 2 is 1.84 bits per heavy atom. The number of nitro groups is 1. The highest BCUT2D eigenvalue weighted by Crippen LogP contribution is 2.26. The standard InChI is InChI=1S/C21H17ClN4O5S/c1-13(18-10-11-19(22)32-18)24-25-21(28)14-6-2-3-7-15(14)23-20(27)12-31-17-9-5-4-8-16(17)26(29)30/h2-11H,12H2,1H3,(H,23,27)(H,25,28)/b24-13+. The number of hydrogen-bond donors (Lipinski definition) is 2. The molecule has 0 bridgehead atoms. The lowest BCUT2D eigenvalue weighted by Crippen LogP contribution is -2.24. The van der Waals surface area contributed by atoms with E-state index >= 15 is 0 Å². The zero-order valence-corrected chi connectivity index (χ0v) is 18.3. The molecule has 164 valence electrons. The first-order valence-corrected chi connectivity index (χ1v) is 10.4. The number of halogens is 1. The van der Waals surface area contributed by atoms with Crippen LogP contribution in [0.4, 0.5) is 11.4 Å². The molecule has 1 aromatic heterocycles. The third kappa shape index (κ3) is 5.90. The number of thiophene rings is 1. The lowest BCUT2D eigenvalue weighted by Gasteiger charge is -2.11. The van der Waals surface area contributed by atoms with E-state index in [1.165, 1.54) is 35.6 Å². The fraction of sp³-hybridized carbons (Fsp3) is 0.0952. The average Bonchev–Trinajstić information content (AvgIpc) is 3.22. The Morgan fingerprint density at radius 3 is 2.56 bits per heavy atom. The highest BCUT2D eigenvalue weighted by molar-refractivity contribution is 7.18. The van der Waals surface area contributed by atoms with Crippen molar-refractivity contribution in [1.29, 1.82) is 0 Å². The molecule has 0 unspecified atom stereocenters. The van der Waals surface area contributed by atoms with E-state index in [4.69, 9.17) is 16.3 Å². The summed E-state index contributed by atoms with van der Waals surface area (Å²) < 4.78 is 5.89. The number of para-hydroxylation sites is 3. The summed E-state index contributed by atoms with van der Waals surface area (Å²) in [5.74, 6) is -1.14. The van der Waals surface area contributed by atoms with Gasteiger partial charge in [-0.3, -0.25) is 19.7 Å². The highest BCUT2D eigenvalue weighted by Gasteiger charge is 2.17. The first-order chi connectivity index (χ1) is 15.3. The maximum Gasteiger partial charge on any atom is 0.310 e. The van der Waals surface area contributed by atoms with E-state index in [0.717, 1.165) is 4.88 Å². The summed E-state index contributed by atoms with van der Waals surface area (Å²) in [5, 5.41) is 17.7. The van der Waals surface area contributed by atoms with Crippen LogP contribution in [0.15, 0.2) is 65.8 Å². The molecule has 0 saturated heterocycles. The van der Waals surface area contributed by atoms with Gasteiger partial charge in [0, 0.05) is 6.07 Å². The van der Waals surface area contributed by atoms with Crippen molar-refractivity contribution in [3.63, 3.8) is 0 Å². The van der Waals surface area contributed by atoms with Gasteiger partial charge in [0.1, 0.15) is 0 Å². The third-order valence-corrected chi connectivity index (χ3v) is 5.46. The molecule has 0 saturated carbocycles. The van der Waals surface area contributed by atoms with Crippen LogP contribution in [0.5, 0.6) is 5.75 Å². The minimum absolute atomic E-state index is 0.0304. The quantitative estimate of drug-likeness (QED) is 0.284. The van der Waals surface area contributed by atoms with Crippen molar-refractivity contribution in [3.8, 4) is 5.75 Å². The number of carbonyl (C=O) groups is 2. The minimum Gasteiger partial charge on any atom is -0.477 e. The van der Waals surface area contributed by atoms with Crippen LogP contribution in [-0.4, -0.2) is 29.1 Å². The Balaban J connectivity index is 1.65. The van der Waals surface area contributed by atoms with Crippen molar-refractivity contribution >= 4 is 51.8 Å². The Labute approximate surface area is 191 Å². The van der Waals surface area contributed by atoms with Gasteiger partial charge in [0.15, 0.2) is 12.4 Å². The van der Waals surface area contributed by atoms with Crippen molar-refractivity contribution < 1.29 is 19.2 Å². The second-order valence-electron chi connectivity index (χ2n) is 6.35. The molecule has 2 amide bonds. The molecule has 0 fully saturated rings. The fourth-order valence-electron chi connectivity index (χ4n) is 2.61. The molecule has 2 N–H and O–H groups in total. The average molecular weight is 473 g/mol. The largest absolute Gasteiger partial charge is 0.477 e. The molecule has 11 heteroatoms. The molecule has 0 aliphatic carbocycles. The number of hydrogen-bond acceptors (Lipinski definition) is 7. The Hall–Kier alpha value is -3.76. The molecule has 0 aliphatic rings. The van der Waals surface area contributed by atoms with Crippen molar-refractivity contribution in [1.82, 2.24) is 5.43 Å². The van der Waals surface area contributed by atoms with Crippen LogP contribution in [-0.2, 0) is 4.79 Å². The summed E-state index contributed by atoms with van der Waals surface area (Å²) in [6, 6.07) is 15.6. The fourth-order valence-corrected chi connectivity index (χ4v) is 3.60. The van der Waals surface area contributed by atoms with Gasteiger partial charge in [-0.05, 0) is 37.3 Å². The molecule has 2 aromatic carbocycles. The monoisotopic (exact) mass is 472 g/mol. The number of ether oxygens (including phenoxy) is 1. The maximum absolute atomic E-state index is 12.6. The molecular formula is C21H17ClN4O5S. The summed E-state index contributed by atoms with van der Waals surface area (Å²) in [7, 11) is 0. The normalized spacial score (nSPS) is 11.0. The molecule has 3 rings (SSSR count). The minimum atomic E-state index is -0.598. The number of anilines is 1. The van der Waals surface area contributed by atoms with Crippen LogP contribution >= 0.6 is 22.9 Å². The number of nitro benzene ring substituents is 1. The summed E-state index contributed by atoms with van der Waals surface area (Å²) in [6.45, 7) is 1.26. The third-order valence-electron chi connectivity index (χ3n) is 4.12. The summed E-state index contributed by atoms with van der Waals surface area (Å²) >= 11 is 7.25. The first kappa shape index (κ1) is 22.9. The lowest BCUT2D eigenvalue weighted by atomic mass is 10.1. The Bertz CT molecular complexity index is 1190. The molecular weight excluding hydrogens is 456 g/mol. The van der Waals surface area contributed by atoms with Gasteiger partial charge in [0.05, 0.1) is 31.1 Å².